The number of allylic oxidation sites excluding steroid dienone is 1. The number of epoxide rings is 1. The van der Waals surface area contributed by atoms with E-state index in [2.05, 4.69) is 18.8 Å². The van der Waals surface area contributed by atoms with Crippen LogP contribution in [0, 0.1) is 29.1 Å². The minimum atomic E-state index is -1.27. The Bertz CT molecular complexity index is 989. The first-order valence-electron chi connectivity index (χ1n) is 13.6. The lowest BCUT2D eigenvalue weighted by molar-refractivity contribution is -0.154. The second kappa shape index (κ2) is 11.4. The van der Waals surface area contributed by atoms with Crippen LogP contribution in [0.2, 0.25) is 0 Å². The fourth-order valence-electron chi connectivity index (χ4n) is 5.78. The summed E-state index contributed by atoms with van der Waals surface area (Å²) in [6.45, 7) is 14.5. The van der Waals surface area contributed by atoms with Crippen molar-refractivity contribution in [3.05, 3.63) is 36.1 Å². The first kappa shape index (κ1) is 30.2. The van der Waals surface area contributed by atoms with Crippen molar-refractivity contribution in [3.8, 4) is 0 Å². The third-order valence-corrected chi connectivity index (χ3v) is 8.87. The first-order valence-corrected chi connectivity index (χ1v) is 13.6. The van der Waals surface area contributed by atoms with Gasteiger partial charge in [-0.2, -0.15) is 0 Å². The molecule has 3 aliphatic rings. The zero-order chi connectivity index (χ0) is 28.6. The fourth-order valence-corrected chi connectivity index (χ4v) is 5.78. The minimum Gasteiger partial charge on any atom is -0.458 e. The molecule has 2 heterocycles. The number of aliphatic hydroxyl groups excluding tert-OH is 2. The summed E-state index contributed by atoms with van der Waals surface area (Å²) < 4.78 is 17.3. The van der Waals surface area contributed by atoms with E-state index < -0.39 is 35.6 Å². The van der Waals surface area contributed by atoms with Gasteiger partial charge in [-0.25, -0.2) is 0 Å². The van der Waals surface area contributed by atoms with Crippen LogP contribution in [-0.4, -0.2) is 59.0 Å². The van der Waals surface area contributed by atoms with Crippen molar-refractivity contribution in [1.29, 1.82) is 0 Å². The number of hydrogen-bond donors (Lipinski definition) is 4. The van der Waals surface area contributed by atoms with Crippen LogP contribution in [0.3, 0.4) is 0 Å². The summed E-state index contributed by atoms with van der Waals surface area (Å²) in [5.74, 6) is -0.580. The maximum atomic E-state index is 13.3. The number of rotatable bonds is 5. The Morgan fingerprint density at radius 2 is 1.87 bits per heavy atom. The van der Waals surface area contributed by atoms with Gasteiger partial charge >= 0.3 is 5.97 Å². The Morgan fingerprint density at radius 3 is 2.50 bits per heavy atom. The van der Waals surface area contributed by atoms with Gasteiger partial charge < -0.3 is 35.5 Å². The van der Waals surface area contributed by atoms with Crippen LogP contribution in [0.25, 0.3) is 0 Å². The van der Waals surface area contributed by atoms with Crippen molar-refractivity contribution in [1.82, 2.24) is 5.32 Å². The normalized spacial score (nSPS) is 40.3. The van der Waals surface area contributed by atoms with Gasteiger partial charge in [0.15, 0.2) is 5.88 Å². The average Bonchev–Trinajstić information content (AvgIpc) is 3.75. The molecule has 214 valence electrons. The van der Waals surface area contributed by atoms with E-state index in [0.29, 0.717) is 35.4 Å². The molecule has 9 nitrogen and oxygen atoms in total. The lowest BCUT2D eigenvalue weighted by atomic mass is 9.72. The monoisotopic (exact) mass is 534 g/mol. The van der Waals surface area contributed by atoms with E-state index in [1.165, 1.54) is 6.26 Å². The van der Waals surface area contributed by atoms with Gasteiger partial charge in [-0.15, -0.1) is 0 Å². The number of nitrogens with two attached hydrogens (primary N) is 1. The van der Waals surface area contributed by atoms with E-state index in [1.807, 2.05) is 13.8 Å². The van der Waals surface area contributed by atoms with E-state index >= 15 is 0 Å². The average molecular weight is 535 g/mol. The standard InChI is InChI=1S/C29H46N2O7/c1-15(9-20(30)14-36-18(4)31-8)22-11-24-29(7,38-24)13-19-10-21(19)16(2)26(34)17(3)27(35)28(5,6)23(32)12-25(33)37-22/h9,14,16-17,19,21-24,26,31-32,34H,4,10-13,30H2,1-3,5-8H3/b15-9+,20-14-/t16-,17+,19?,21?,22-,23-,24?,26-,29?/m0/s1. The fraction of sp³-hybridized carbons (Fsp3) is 0.724. The molecule has 0 bridgehead atoms. The second-order valence-corrected chi connectivity index (χ2v) is 12.2. The Morgan fingerprint density at radius 1 is 1.21 bits per heavy atom. The highest BCUT2D eigenvalue weighted by Crippen LogP contribution is 2.56. The Labute approximate surface area is 226 Å². The molecule has 5 N–H and O–H groups in total. The number of Topliss-reactive ketones (excluding diaryl/α,β-unsaturated/α-hetero) is 1. The molecule has 3 fully saturated rings. The van der Waals surface area contributed by atoms with E-state index in [9.17, 15) is 19.8 Å². The number of nitrogens with one attached hydrogen (secondary N) is 1. The third-order valence-electron chi connectivity index (χ3n) is 8.87. The second-order valence-electron chi connectivity index (χ2n) is 12.2. The van der Waals surface area contributed by atoms with Crippen LogP contribution in [-0.2, 0) is 23.8 Å². The van der Waals surface area contributed by atoms with Crippen LogP contribution >= 0.6 is 0 Å². The summed E-state index contributed by atoms with van der Waals surface area (Å²) >= 11 is 0. The molecule has 0 radical (unpaired) electrons. The topological polar surface area (TPSA) is 144 Å². The largest absolute Gasteiger partial charge is 0.458 e. The summed E-state index contributed by atoms with van der Waals surface area (Å²) in [6, 6.07) is 0. The van der Waals surface area contributed by atoms with Crippen LogP contribution in [0.5, 0.6) is 0 Å². The molecule has 0 amide bonds. The predicted octanol–water partition coefficient (Wildman–Crippen LogP) is 2.92. The number of ketones is 1. The van der Waals surface area contributed by atoms with Gasteiger partial charge in [-0.05, 0) is 62.7 Å². The Balaban J connectivity index is 1.86. The van der Waals surface area contributed by atoms with E-state index in [0.717, 1.165) is 12.8 Å². The van der Waals surface area contributed by atoms with Gasteiger partial charge in [0, 0.05) is 19.4 Å². The smallest absolute Gasteiger partial charge is 0.309 e. The Kier molecular flexibility index (Phi) is 9.06. The van der Waals surface area contributed by atoms with Gasteiger partial charge in [0.1, 0.15) is 18.1 Å². The zero-order valence-corrected chi connectivity index (χ0v) is 23.8. The molecule has 4 unspecified atom stereocenters. The van der Waals surface area contributed by atoms with Crippen molar-refractivity contribution in [2.24, 2.45) is 34.8 Å². The summed E-state index contributed by atoms with van der Waals surface area (Å²) in [4.78, 5) is 26.3. The van der Waals surface area contributed by atoms with Gasteiger partial charge in [0.25, 0.3) is 0 Å². The number of carbonyl (C=O) groups excluding carboxylic acids is 2. The van der Waals surface area contributed by atoms with Gasteiger partial charge in [0.05, 0.1) is 41.4 Å². The predicted molar refractivity (Wildman–Crippen MR) is 143 cm³/mol. The number of esters is 1. The molecule has 3 rings (SSSR count). The molecule has 0 aromatic carbocycles. The lowest BCUT2D eigenvalue weighted by Gasteiger charge is -2.34. The van der Waals surface area contributed by atoms with E-state index in [-0.39, 0.29) is 29.8 Å². The number of ether oxygens (including phenoxy) is 3. The number of aliphatic hydroxyl groups is 2. The van der Waals surface area contributed by atoms with Crippen molar-refractivity contribution in [3.63, 3.8) is 0 Å². The van der Waals surface area contributed by atoms with Crippen molar-refractivity contribution in [2.45, 2.75) is 97.2 Å². The van der Waals surface area contributed by atoms with Crippen molar-refractivity contribution >= 4 is 11.8 Å². The summed E-state index contributed by atoms with van der Waals surface area (Å²) in [7, 11) is 1.68. The molecular formula is C29H46N2O7. The van der Waals surface area contributed by atoms with Gasteiger partial charge in [0.2, 0.25) is 0 Å². The minimum absolute atomic E-state index is 0.0561. The highest BCUT2D eigenvalue weighted by atomic mass is 16.6. The number of fused-ring (bicyclic) bond motifs is 2. The van der Waals surface area contributed by atoms with E-state index in [4.69, 9.17) is 19.9 Å². The number of cyclic esters (lactones) is 1. The quantitative estimate of drug-likeness (QED) is 0.181. The molecule has 1 saturated carbocycles. The highest BCUT2D eigenvalue weighted by molar-refractivity contribution is 5.88. The van der Waals surface area contributed by atoms with Crippen molar-refractivity contribution in [2.75, 3.05) is 7.05 Å². The maximum absolute atomic E-state index is 13.3. The van der Waals surface area contributed by atoms with Crippen LogP contribution in [0.4, 0.5) is 0 Å². The van der Waals surface area contributed by atoms with Crippen molar-refractivity contribution < 1.29 is 34.0 Å². The lowest BCUT2D eigenvalue weighted by Crippen LogP contribution is -2.46. The molecular weight excluding hydrogens is 488 g/mol. The molecule has 38 heavy (non-hydrogen) atoms. The molecule has 1 aliphatic carbocycles. The van der Waals surface area contributed by atoms with Gasteiger partial charge in [-0.3, -0.25) is 9.59 Å². The molecule has 0 aromatic rings. The van der Waals surface area contributed by atoms with Gasteiger partial charge in [-0.1, -0.05) is 27.7 Å². The molecule has 9 heteroatoms. The molecule has 0 spiro atoms. The molecule has 2 saturated heterocycles. The Hall–Kier alpha value is -2.36. The number of carbonyl (C=O) groups is 2. The van der Waals surface area contributed by atoms with Crippen LogP contribution in [0.1, 0.15) is 67.2 Å². The van der Waals surface area contributed by atoms with Crippen LogP contribution < -0.4 is 11.1 Å². The van der Waals surface area contributed by atoms with Crippen LogP contribution in [0.15, 0.2) is 36.1 Å². The first-order chi connectivity index (χ1) is 17.6. The maximum Gasteiger partial charge on any atom is 0.309 e. The third kappa shape index (κ3) is 6.79. The molecule has 2 aliphatic heterocycles. The zero-order valence-electron chi connectivity index (χ0n) is 23.8. The molecule has 0 aromatic heterocycles. The summed E-state index contributed by atoms with van der Waals surface area (Å²) in [5, 5.41) is 24.7. The summed E-state index contributed by atoms with van der Waals surface area (Å²) in [5.41, 5.74) is 5.52. The molecule has 9 atom stereocenters. The highest BCUT2D eigenvalue weighted by Gasteiger charge is 2.58. The van der Waals surface area contributed by atoms with E-state index in [1.54, 1.807) is 33.9 Å². The number of hydrogen-bond acceptors (Lipinski definition) is 9. The summed E-state index contributed by atoms with van der Waals surface area (Å²) in [6.07, 6.45) is 2.09. The SMILES string of the molecule is C=C(NC)O/C=C(N)/C=C(\C)[C@@H]1CC2OC2(C)CC2CC2[C@H](C)[C@H](O)[C@@H](C)C(=O)C(C)(C)[C@@H](O)CC(=O)O1.